The van der Waals surface area contributed by atoms with Gasteiger partial charge in [0, 0.05) is 25.0 Å². The number of hydrogen-bond acceptors (Lipinski definition) is 4. The average molecular weight is 286 g/mol. The number of aliphatic hydroxyl groups is 1. The van der Waals surface area contributed by atoms with Crippen molar-refractivity contribution in [3.8, 4) is 5.75 Å². The average Bonchev–Trinajstić information content (AvgIpc) is 2.54. The number of aromatic nitrogens is 1. The van der Waals surface area contributed by atoms with Crippen LogP contribution in [0.3, 0.4) is 0 Å². The second-order valence-electron chi connectivity index (χ2n) is 5.01. The summed E-state index contributed by atoms with van der Waals surface area (Å²) in [6, 6.07) is 11.5. The van der Waals surface area contributed by atoms with Crippen molar-refractivity contribution in [3.05, 3.63) is 59.9 Å². The van der Waals surface area contributed by atoms with Gasteiger partial charge in [0.15, 0.2) is 0 Å². The number of nitrogens with two attached hydrogens (primary N) is 1. The molecular weight excluding hydrogens is 264 g/mol. The molecule has 0 fully saturated rings. The fourth-order valence-electron chi connectivity index (χ4n) is 2.18. The second kappa shape index (κ2) is 7.76. The van der Waals surface area contributed by atoms with Crippen LogP contribution in [0.2, 0.25) is 0 Å². The molecule has 0 saturated carbocycles. The quantitative estimate of drug-likeness (QED) is 0.820. The van der Waals surface area contributed by atoms with Gasteiger partial charge in [0.1, 0.15) is 11.9 Å². The van der Waals surface area contributed by atoms with Crippen molar-refractivity contribution in [2.75, 3.05) is 6.61 Å². The first-order valence-electron chi connectivity index (χ1n) is 7.26. The fourth-order valence-corrected chi connectivity index (χ4v) is 2.18. The third kappa shape index (κ3) is 4.28. The minimum atomic E-state index is -0.193. The number of nitrogens with zero attached hydrogens (tertiary/aromatic N) is 1. The predicted molar refractivity (Wildman–Crippen MR) is 83.1 cm³/mol. The minimum absolute atomic E-state index is 0.0791. The van der Waals surface area contributed by atoms with E-state index in [1.54, 1.807) is 12.4 Å². The van der Waals surface area contributed by atoms with Crippen molar-refractivity contribution in [1.29, 1.82) is 0 Å². The van der Waals surface area contributed by atoms with Crippen LogP contribution < -0.4 is 10.5 Å². The number of rotatable bonds is 7. The summed E-state index contributed by atoms with van der Waals surface area (Å²) in [5.41, 5.74) is 8.31. The molecular formula is C17H22N2O2. The molecule has 0 spiro atoms. The lowest BCUT2D eigenvalue weighted by Crippen LogP contribution is -2.31. The van der Waals surface area contributed by atoms with E-state index in [-0.39, 0.29) is 18.8 Å². The van der Waals surface area contributed by atoms with E-state index in [0.717, 1.165) is 23.3 Å². The van der Waals surface area contributed by atoms with E-state index in [9.17, 15) is 0 Å². The third-order valence-electron chi connectivity index (χ3n) is 3.48. The zero-order chi connectivity index (χ0) is 15.1. The lowest BCUT2D eigenvalue weighted by atomic mass is 10.0. The summed E-state index contributed by atoms with van der Waals surface area (Å²) in [5.74, 6) is 0.780. The number of benzene rings is 1. The Morgan fingerprint density at radius 3 is 2.38 bits per heavy atom. The molecule has 4 nitrogen and oxygen atoms in total. The van der Waals surface area contributed by atoms with E-state index in [0.29, 0.717) is 6.42 Å². The van der Waals surface area contributed by atoms with E-state index in [1.807, 2.05) is 43.3 Å². The van der Waals surface area contributed by atoms with Crippen molar-refractivity contribution in [2.45, 2.75) is 31.9 Å². The highest BCUT2D eigenvalue weighted by Gasteiger charge is 2.20. The van der Waals surface area contributed by atoms with Crippen molar-refractivity contribution >= 4 is 0 Å². The van der Waals surface area contributed by atoms with Gasteiger partial charge in [-0.25, -0.2) is 0 Å². The molecule has 0 radical (unpaired) electrons. The third-order valence-corrected chi connectivity index (χ3v) is 3.48. The van der Waals surface area contributed by atoms with Gasteiger partial charge >= 0.3 is 0 Å². The molecule has 1 heterocycles. The molecule has 21 heavy (non-hydrogen) atoms. The molecule has 112 valence electrons. The zero-order valence-corrected chi connectivity index (χ0v) is 12.3. The molecule has 0 aliphatic rings. The molecule has 2 atom stereocenters. The number of aliphatic hydroxyl groups excluding tert-OH is 1. The SMILES string of the molecule is CCC(N)C(Oc1ccc(CCO)cc1)c1ccncc1. The Hall–Kier alpha value is -1.91. The van der Waals surface area contributed by atoms with Crippen LogP contribution in [0.4, 0.5) is 0 Å². The van der Waals surface area contributed by atoms with Crippen LogP contribution in [-0.4, -0.2) is 22.7 Å². The first kappa shape index (κ1) is 15.5. The molecule has 1 aromatic heterocycles. The maximum atomic E-state index is 8.93. The summed E-state index contributed by atoms with van der Waals surface area (Å²) in [5, 5.41) is 8.93. The van der Waals surface area contributed by atoms with Crippen molar-refractivity contribution < 1.29 is 9.84 Å². The van der Waals surface area contributed by atoms with Gasteiger partial charge in [-0.2, -0.15) is 0 Å². The normalized spacial score (nSPS) is 13.7. The summed E-state index contributed by atoms with van der Waals surface area (Å²) in [4.78, 5) is 4.03. The summed E-state index contributed by atoms with van der Waals surface area (Å²) in [6.07, 6.45) is 4.79. The van der Waals surface area contributed by atoms with E-state index in [2.05, 4.69) is 4.98 Å². The minimum Gasteiger partial charge on any atom is -0.484 e. The van der Waals surface area contributed by atoms with Gasteiger partial charge in [-0.05, 0) is 48.2 Å². The number of hydrogen-bond donors (Lipinski definition) is 2. The second-order valence-corrected chi connectivity index (χ2v) is 5.01. The first-order chi connectivity index (χ1) is 10.2. The summed E-state index contributed by atoms with van der Waals surface area (Å²) in [7, 11) is 0. The van der Waals surface area contributed by atoms with Crippen LogP contribution in [0.25, 0.3) is 0 Å². The lowest BCUT2D eigenvalue weighted by molar-refractivity contribution is 0.171. The van der Waals surface area contributed by atoms with E-state index >= 15 is 0 Å². The largest absolute Gasteiger partial charge is 0.484 e. The van der Waals surface area contributed by atoms with Gasteiger partial charge in [-0.3, -0.25) is 4.98 Å². The van der Waals surface area contributed by atoms with Crippen LogP contribution in [0.1, 0.15) is 30.6 Å². The van der Waals surface area contributed by atoms with Crippen molar-refractivity contribution in [1.82, 2.24) is 4.98 Å². The Morgan fingerprint density at radius 1 is 1.14 bits per heavy atom. The van der Waals surface area contributed by atoms with Gasteiger partial charge in [-0.1, -0.05) is 19.1 Å². The van der Waals surface area contributed by atoms with Crippen LogP contribution >= 0.6 is 0 Å². The Kier molecular flexibility index (Phi) is 5.72. The zero-order valence-electron chi connectivity index (χ0n) is 12.3. The van der Waals surface area contributed by atoms with Crippen LogP contribution in [0.15, 0.2) is 48.8 Å². The fraction of sp³-hybridized carbons (Fsp3) is 0.353. The molecule has 0 bridgehead atoms. The summed E-state index contributed by atoms with van der Waals surface area (Å²) >= 11 is 0. The van der Waals surface area contributed by atoms with Gasteiger partial charge < -0.3 is 15.6 Å². The number of pyridine rings is 1. The molecule has 4 heteroatoms. The van der Waals surface area contributed by atoms with Crippen molar-refractivity contribution in [3.63, 3.8) is 0 Å². The highest BCUT2D eigenvalue weighted by Crippen LogP contribution is 2.25. The molecule has 2 unspecified atom stereocenters. The van der Waals surface area contributed by atoms with Gasteiger partial charge in [-0.15, -0.1) is 0 Å². The van der Waals surface area contributed by atoms with Crippen LogP contribution in [-0.2, 0) is 6.42 Å². The molecule has 1 aromatic carbocycles. The standard InChI is InChI=1S/C17H22N2O2/c1-2-16(18)17(14-7-10-19-11-8-14)21-15-5-3-13(4-6-15)9-12-20/h3-8,10-11,16-17,20H,2,9,12,18H2,1H3. The topological polar surface area (TPSA) is 68.4 Å². The van der Waals surface area contributed by atoms with Crippen LogP contribution in [0, 0.1) is 0 Å². The molecule has 0 amide bonds. The molecule has 0 saturated heterocycles. The monoisotopic (exact) mass is 286 g/mol. The molecule has 2 rings (SSSR count). The Labute approximate surface area is 125 Å². The smallest absolute Gasteiger partial charge is 0.139 e. The molecule has 2 aromatic rings. The van der Waals surface area contributed by atoms with E-state index in [1.165, 1.54) is 0 Å². The Bertz CT molecular complexity index is 528. The van der Waals surface area contributed by atoms with Gasteiger partial charge in [0.2, 0.25) is 0 Å². The molecule has 0 aliphatic carbocycles. The molecule has 3 N–H and O–H groups in total. The Morgan fingerprint density at radius 2 is 1.81 bits per heavy atom. The highest BCUT2D eigenvalue weighted by molar-refractivity contribution is 5.29. The van der Waals surface area contributed by atoms with Crippen LogP contribution in [0.5, 0.6) is 5.75 Å². The maximum Gasteiger partial charge on any atom is 0.139 e. The number of ether oxygens (including phenoxy) is 1. The van der Waals surface area contributed by atoms with Gasteiger partial charge in [0.25, 0.3) is 0 Å². The first-order valence-corrected chi connectivity index (χ1v) is 7.26. The summed E-state index contributed by atoms with van der Waals surface area (Å²) < 4.78 is 6.07. The van der Waals surface area contributed by atoms with Gasteiger partial charge in [0.05, 0.1) is 0 Å². The van der Waals surface area contributed by atoms with E-state index < -0.39 is 0 Å². The predicted octanol–water partition coefficient (Wildman–Crippen LogP) is 2.47. The highest BCUT2D eigenvalue weighted by atomic mass is 16.5. The molecule has 0 aliphatic heterocycles. The maximum absolute atomic E-state index is 8.93. The van der Waals surface area contributed by atoms with Crippen molar-refractivity contribution in [2.24, 2.45) is 5.73 Å². The van der Waals surface area contributed by atoms with E-state index in [4.69, 9.17) is 15.6 Å². The Balaban J connectivity index is 2.15. The summed E-state index contributed by atoms with van der Waals surface area (Å²) in [6.45, 7) is 2.20. The lowest BCUT2D eigenvalue weighted by Gasteiger charge is -2.24.